The highest BCUT2D eigenvalue weighted by molar-refractivity contribution is 5.96. The Hall–Kier alpha value is -2.04. The van der Waals surface area contributed by atoms with E-state index >= 15 is 0 Å². The summed E-state index contributed by atoms with van der Waals surface area (Å²) in [6, 6.07) is 6.69. The average molecular weight is 222 g/mol. The van der Waals surface area contributed by atoms with Crippen LogP contribution in [0.1, 0.15) is 17.3 Å². The minimum Gasteiger partial charge on any atom is -0.483 e. The van der Waals surface area contributed by atoms with Crippen molar-refractivity contribution in [1.29, 1.82) is 0 Å². The molecular formula is C11H14N2O3. The standard InChI is InChI=1S/C11H14N2O3/c1-2-13-11(15)8-5-3-4-6-9(8)16-7-10(12)14/h3-6H,2,7H2,1H3,(H2,12,14)(H,13,15). The molecule has 3 N–H and O–H groups in total. The van der Waals surface area contributed by atoms with E-state index in [1.54, 1.807) is 24.3 Å². The third-order valence-electron chi connectivity index (χ3n) is 1.84. The number of benzene rings is 1. The average Bonchev–Trinajstić information content (AvgIpc) is 2.27. The highest BCUT2D eigenvalue weighted by Crippen LogP contribution is 2.17. The van der Waals surface area contributed by atoms with E-state index in [-0.39, 0.29) is 12.5 Å². The zero-order valence-corrected chi connectivity index (χ0v) is 9.03. The topological polar surface area (TPSA) is 81.4 Å². The van der Waals surface area contributed by atoms with Crippen LogP contribution in [-0.4, -0.2) is 25.0 Å². The zero-order valence-electron chi connectivity index (χ0n) is 9.03. The number of amides is 2. The molecule has 0 saturated carbocycles. The van der Waals surface area contributed by atoms with Crippen LogP contribution in [-0.2, 0) is 4.79 Å². The van der Waals surface area contributed by atoms with Crippen LogP contribution < -0.4 is 15.8 Å². The van der Waals surface area contributed by atoms with Gasteiger partial charge >= 0.3 is 0 Å². The molecule has 2 amide bonds. The van der Waals surface area contributed by atoms with Gasteiger partial charge < -0.3 is 15.8 Å². The number of hydrogen-bond acceptors (Lipinski definition) is 3. The van der Waals surface area contributed by atoms with Gasteiger partial charge in [-0.2, -0.15) is 0 Å². The molecule has 0 aliphatic carbocycles. The van der Waals surface area contributed by atoms with Crippen molar-refractivity contribution in [3.63, 3.8) is 0 Å². The molecule has 0 bridgehead atoms. The molecule has 0 spiro atoms. The number of nitrogens with one attached hydrogen (secondary N) is 1. The lowest BCUT2D eigenvalue weighted by Crippen LogP contribution is -2.25. The molecule has 0 fully saturated rings. The van der Waals surface area contributed by atoms with Gasteiger partial charge in [-0.15, -0.1) is 0 Å². The van der Waals surface area contributed by atoms with E-state index < -0.39 is 5.91 Å². The molecule has 5 heteroatoms. The van der Waals surface area contributed by atoms with Crippen LogP contribution in [0.4, 0.5) is 0 Å². The van der Waals surface area contributed by atoms with Gasteiger partial charge in [0.25, 0.3) is 11.8 Å². The summed E-state index contributed by atoms with van der Waals surface area (Å²) < 4.78 is 5.13. The predicted octanol–water partition coefficient (Wildman–Crippen LogP) is 0.300. The van der Waals surface area contributed by atoms with Crippen molar-refractivity contribution < 1.29 is 14.3 Å². The van der Waals surface area contributed by atoms with E-state index in [2.05, 4.69) is 5.32 Å². The summed E-state index contributed by atoms with van der Waals surface area (Å²) in [5.74, 6) is -0.458. The SMILES string of the molecule is CCNC(=O)c1ccccc1OCC(N)=O. The van der Waals surface area contributed by atoms with Gasteiger partial charge in [0, 0.05) is 6.54 Å². The number of primary amides is 1. The molecule has 16 heavy (non-hydrogen) atoms. The number of rotatable bonds is 5. The van der Waals surface area contributed by atoms with Gasteiger partial charge in [0.05, 0.1) is 5.56 Å². The van der Waals surface area contributed by atoms with Crippen LogP contribution >= 0.6 is 0 Å². The zero-order chi connectivity index (χ0) is 12.0. The molecule has 0 unspecified atom stereocenters. The highest BCUT2D eigenvalue weighted by atomic mass is 16.5. The van der Waals surface area contributed by atoms with Crippen LogP contribution in [0.2, 0.25) is 0 Å². The second kappa shape index (κ2) is 5.75. The lowest BCUT2D eigenvalue weighted by atomic mass is 10.2. The van der Waals surface area contributed by atoms with Crippen LogP contribution in [0.3, 0.4) is 0 Å². The second-order valence-electron chi connectivity index (χ2n) is 3.11. The van der Waals surface area contributed by atoms with Gasteiger partial charge in [0.15, 0.2) is 6.61 Å². The van der Waals surface area contributed by atoms with Crippen molar-refractivity contribution in [2.24, 2.45) is 5.73 Å². The van der Waals surface area contributed by atoms with Gasteiger partial charge in [0.1, 0.15) is 5.75 Å². The molecule has 1 rings (SSSR count). The predicted molar refractivity (Wildman–Crippen MR) is 59.1 cm³/mol. The highest BCUT2D eigenvalue weighted by Gasteiger charge is 2.11. The summed E-state index contributed by atoms with van der Waals surface area (Å²) in [6.07, 6.45) is 0. The Bertz CT molecular complexity index is 391. The molecule has 0 heterocycles. The van der Waals surface area contributed by atoms with Gasteiger partial charge in [-0.05, 0) is 19.1 Å². The molecule has 0 aliphatic rings. The fourth-order valence-corrected chi connectivity index (χ4v) is 1.18. The molecule has 5 nitrogen and oxygen atoms in total. The fraction of sp³-hybridized carbons (Fsp3) is 0.273. The number of carbonyl (C=O) groups excluding carboxylic acids is 2. The summed E-state index contributed by atoms with van der Waals surface area (Å²) in [7, 11) is 0. The van der Waals surface area contributed by atoms with E-state index in [4.69, 9.17) is 10.5 Å². The van der Waals surface area contributed by atoms with E-state index in [0.29, 0.717) is 17.9 Å². The largest absolute Gasteiger partial charge is 0.483 e. The van der Waals surface area contributed by atoms with Crippen LogP contribution in [0.15, 0.2) is 24.3 Å². The Morgan fingerprint density at radius 3 is 2.69 bits per heavy atom. The quantitative estimate of drug-likeness (QED) is 0.751. The molecule has 0 saturated heterocycles. The van der Waals surface area contributed by atoms with Crippen molar-refractivity contribution in [1.82, 2.24) is 5.32 Å². The van der Waals surface area contributed by atoms with E-state index in [1.165, 1.54) is 0 Å². The van der Waals surface area contributed by atoms with E-state index in [0.717, 1.165) is 0 Å². The van der Waals surface area contributed by atoms with Crippen molar-refractivity contribution in [3.05, 3.63) is 29.8 Å². The van der Waals surface area contributed by atoms with Gasteiger partial charge in [-0.3, -0.25) is 9.59 Å². The molecule has 0 radical (unpaired) electrons. The summed E-state index contributed by atoms with van der Waals surface area (Å²) >= 11 is 0. The Morgan fingerprint density at radius 2 is 2.06 bits per heavy atom. The molecule has 0 atom stereocenters. The molecule has 1 aromatic rings. The molecular weight excluding hydrogens is 208 g/mol. The first-order chi connectivity index (χ1) is 7.65. The fourth-order valence-electron chi connectivity index (χ4n) is 1.18. The first kappa shape index (κ1) is 12.0. The van der Waals surface area contributed by atoms with E-state index in [9.17, 15) is 9.59 Å². The Balaban J connectivity index is 2.82. The maximum absolute atomic E-state index is 11.6. The number of nitrogens with two attached hydrogens (primary N) is 1. The normalized spacial score (nSPS) is 9.56. The number of para-hydroxylation sites is 1. The van der Waals surface area contributed by atoms with Crippen molar-refractivity contribution in [2.75, 3.05) is 13.2 Å². The Labute approximate surface area is 93.6 Å². The first-order valence-electron chi connectivity index (χ1n) is 4.93. The molecule has 0 aliphatic heterocycles. The maximum atomic E-state index is 11.6. The monoisotopic (exact) mass is 222 g/mol. The second-order valence-corrected chi connectivity index (χ2v) is 3.11. The van der Waals surface area contributed by atoms with Gasteiger partial charge in [-0.25, -0.2) is 0 Å². The minimum atomic E-state index is -0.578. The third-order valence-corrected chi connectivity index (χ3v) is 1.84. The van der Waals surface area contributed by atoms with E-state index in [1.807, 2.05) is 6.92 Å². The van der Waals surface area contributed by atoms with Crippen molar-refractivity contribution >= 4 is 11.8 Å². The van der Waals surface area contributed by atoms with Crippen LogP contribution in [0.5, 0.6) is 5.75 Å². The summed E-state index contributed by atoms with van der Waals surface area (Å²) in [5.41, 5.74) is 5.35. The lowest BCUT2D eigenvalue weighted by molar-refractivity contribution is -0.119. The van der Waals surface area contributed by atoms with Gasteiger partial charge in [-0.1, -0.05) is 12.1 Å². The molecule has 86 valence electrons. The first-order valence-corrected chi connectivity index (χ1v) is 4.93. The lowest BCUT2D eigenvalue weighted by Gasteiger charge is -2.09. The minimum absolute atomic E-state index is 0.234. The Morgan fingerprint density at radius 1 is 1.38 bits per heavy atom. The number of ether oxygens (including phenoxy) is 1. The maximum Gasteiger partial charge on any atom is 0.255 e. The number of hydrogen-bond donors (Lipinski definition) is 2. The number of carbonyl (C=O) groups is 2. The molecule has 1 aromatic carbocycles. The van der Waals surface area contributed by atoms with Crippen molar-refractivity contribution in [3.8, 4) is 5.75 Å². The summed E-state index contributed by atoms with van der Waals surface area (Å²) in [4.78, 5) is 22.2. The Kier molecular flexibility index (Phi) is 4.32. The smallest absolute Gasteiger partial charge is 0.255 e. The molecule has 0 aromatic heterocycles. The van der Waals surface area contributed by atoms with Crippen LogP contribution in [0.25, 0.3) is 0 Å². The van der Waals surface area contributed by atoms with Crippen LogP contribution in [0, 0.1) is 0 Å². The summed E-state index contributed by atoms with van der Waals surface area (Å²) in [6.45, 7) is 2.12. The third kappa shape index (κ3) is 3.27. The summed E-state index contributed by atoms with van der Waals surface area (Å²) in [5, 5.41) is 2.65. The van der Waals surface area contributed by atoms with Gasteiger partial charge in [0.2, 0.25) is 0 Å². The van der Waals surface area contributed by atoms with Crippen molar-refractivity contribution in [2.45, 2.75) is 6.92 Å².